The zero-order valence-corrected chi connectivity index (χ0v) is 10.2. The van der Waals surface area contributed by atoms with Crippen LogP contribution in [0.2, 0.25) is 0 Å². The topological polar surface area (TPSA) is 40.5 Å². The van der Waals surface area contributed by atoms with Crippen molar-refractivity contribution in [2.75, 3.05) is 6.54 Å². The second-order valence-corrected chi connectivity index (χ2v) is 4.64. The van der Waals surface area contributed by atoms with Gasteiger partial charge in [-0.3, -0.25) is 9.69 Å². The number of aryl methyl sites for hydroxylation is 1. The summed E-state index contributed by atoms with van der Waals surface area (Å²) in [6.45, 7) is 3.78. The zero-order valence-electron chi connectivity index (χ0n) is 10.2. The number of carboxylic acids is 1. The van der Waals surface area contributed by atoms with Crippen LogP contribution in [0.5, 0.6) is 0 Å². The lowest BCUT2D eigenvalue weighted by molar-refractivity contribution is -0.142. The molecule has 92 valence electrons. The molecule has 0 saturated carbocycles. The summed E-state index contributed by atoms with van der Waals surface area (Å²) in [4.78, 5) is 13.1. The Hall–Kier alpha value is -1.35. The minimum Gasteiger partial charge on any atom is -0.480 e. The normalized spacial score (nSPS) is 20.6. The van der Waals surface area contributed by atoms with E-state index in [1.807, 2.05) is 0 Å². The summed E-state index contributed by atoms with van der Waals surface area (Å²) in [6, 6.07) is 8.18. The number of likely N-dealkylation sites (tertiary alicyclic amines) is 1. The first kappa shape index (κ1) is 12.1. The molecular weight excluding hydrogens is 214 g/mol. The van der Waals surface area contributed by atoms with Crippen LogP contribution in [0.3, 0.4) is 0 Å². The van der Waals surface area contributed by atoms with Gasteiger partial charge in [0.2, 0.25) is 0 Å². The Kier molecular flexibility index (Phi) is 3.79. The minimum absolute atomic E-state index is 0.291. The first-order chi connectivity index (χ1) is 8.20. The Balaban J connectivity index is 2.02. The van der Waals surface area contributed by atoms with Gasteiger partial charge in [0, 0.05) is 6.54 Å². The summed E-state index contributed by atoms with van der Waals surface area (Å²) in [5.41, 5.74) is 2.53. The van der Waals surface area contributed by atoms with Crippen molar-refractivity contribution >= 4 is 5.97 Å². The summed E-state index contributed by atoms with van der Waals surface area (Å²) in [5.74, 6) is -0.687. The molecule has 1 aromatic rings. The summed E-state index contributed by atoms with van der Waals surface area (Å²) < 4.78 is 0. The fourth-order valence-electron chi connectivity index (χ4n) is 2.41. The molecule has 0 aromatic heterocycles. The fourth-order valence-corrected chi connectivity index (χ4v) is 2.41. The highest BCUT2D eigenvalue weighted by Gasteiger charge is 2.30. The summed E-state index contributed by atoms with van der Waals surface area (Å²) in [6.07, 6.45) is 2.81. The minimum atomic E-state index is -0.687. The van der Waals surface area contributed by atoms with Gasteiger partial charge >= 0.3 is 5.97 Å². The summed E-state index contributed by atoms with van der Waals surface area (Å²) in [5, 5.41) is 9.10. The molecule has 1 atom stereocenters. The molecule has 1 heterocycles. The monoisotopic (exact) mass is 233 g/mol. The van der Waals surface area contributed by atoms with Crippen molar-refractivity contribution in [3.63, 3.8) is 0 Å². The Morgan fingerprint density at radius 2 is 2.00 bits per heavy atom. The van der Waals surface area contributed by atoms with Gasteiger partial charge in [0.15, 0.2) is 0 Å². The third kappa shape index (κ3) is 2.86. The number of carboxylic acid groups (broad SMARTS) is 1. The molecule has 0 aliphatic carbocycles. The van der Waals surface area contributed by atoms with Crippen molar-refractivity contribution in [2.45, 2.75) is 38.8 Å². The van der Waals surface area contributed by atoms with Crippen LogP contribution in [0, 0.1) is 0 Å². The van der Waals surface area contributed by atoms with Crippen molar-refractivity contribution in [3.05, 3.63) is 35.4 Å². The molecule has 0 spiro atoms. The lowest BCUT2D eigenvalue weighted by Gasteiger charge is -2.21. The lowest BCUT2D eigenvalue weighted by atomic mass is 10.1. The summed E-state index contributed by atoms with van der Waals surface area (Å²) >= 11 is 0. The van der Waals surface area contributed by atoms with Crippen LogP contribution in [-0.2, 0) is 17.8 Å². The fraction of sp³-hybridized carbons (Fsp3) is 0.500. The van der Waals surface area contributed by atoms with Gasteiger partial charge in [-0.05, 0) is 36.9 Å². The van der Waals surface area contributed by atoms with Gasteiger partial charge in [-0.15, -0.1) is 0 Å². The van der Waals surface area contributed by atoms with Gasteiger partial charge in [-0.1, -0.05) is 31.2 Å². The van der Waals surface area contributed by atoms with Crippen LogP contribution in [0.15, 0.2) is 24.3 Å². The van der Waals surface area contributed by atoms with E-state index in [1.165, 1.54) is 11.1 Å². The highest BCUT2D eigenvalue weighted by molar-refractivity contribution is 5.73. The van der Waals surface area contributed by atoms with Gasteiger partial charge < -0.3 is 5.11 Å². The largest absolute Gasteiger partial charge is 0.480 e. The van der Waals surface area contributed by atoms with E-state index in [0.717, 1.165) is 32.4 Å². The van der Waals surface area contributed by atoms with Crippen molar-refractivity contribution in [1.82, 2.24) is 4.90 Å². The van der Waals surface area contributed by atoms with E-state index < -0.39 is 5.97 Å². The van der Waals surface area contributed by atoms with Crippen LogP contribution in [0.4, 0.5) is 0 Å². The molecule has 1 N–H and O–H groups in total. The van der Waals surface area contributed by atoms with Crippen LogP contribution in [-0.4, -0.2) is 28.6 Å². The predicted octanol–water partition coefficient (Wildman–Crippen LogP) is 2.30. The molecule has 0 bridgehead atoms. The van der Waals surface area contributed by atoms with Gasteiger partial charge in [-0.25, -0.2) is 0 Å². The van der Waals surface area contributed by atoms with Crippen LogP contribution in [0.25, 0.3) is 0 Å². The Morgan fingerprint density at radius 3 is 2.59 bits per heavy atom. The van der Waals surface area contributed by atoms with E-state index >= 15 is 0 Å². The van der Waals surface area contributed by atoms with Gasteiger partial charge in [0.05, 0.1) is 0 Å². The SMILES string of the molecule is CCc1ccc(CN2CCC[C@@H]2C(=O)O)cc1. The number of hydrogen-bond donors (Lipinski definition) is 1. The number of benzene rings is 1. The Morgan fingerprint density at radius 1 is 1.35 bits per heavy atom. The van der Waals surface area contributed by atoms with Crippen molar-refractivity contribution < 1.29 is 9.90 Å². The molecule has 17 heavy (non-hydrogen) atoms. The van der Waals surface area contributed by atoms with E-state index in [9.17, 15) is 4.79 Å². The third-order valence-electron chi connectivity index (χ3n) is 3.47. The number of nitrogens with zero attached hydrogens (tertiary/aromatic N) is 1. The second kappa shape index (κ2) is 5.32. The van der Waals surface area contributed by atoms with Crippen molar-refractivity contribution in [2.24, 2.45) is 0 Å². The lowest BCUT2D eigenvalue weighted by Crippen LogP contribution is -2.35. The molecular formula is C14H19NO2. The zero-order chi connectivity index (χ0) is 12.3. The number of hydrogen-bond acceptors (Lipinski definition) is 2. The van der Waals surface area contributed by atoms with E-state index in [-0.39, 0.29) is 6.04 Å². The first-order valence-corrected chi connectivity index (χ1v) is 6.25. The molecule has 0 unspecified atom stereocenters. The number of rotatable bonds is 4. The molecule has 3 heteroatoms. The standard InChI is InChI=1S/C14H19NO2/c1-2-11-5-7-12(8-6-11)10-15-9-3-4-13(15)14(16)17/h5-8,13H,2-4,9-10H2,1H3,(H,16,17)/t13-/m1/s1. The van der Waals surface area contributed by atoms with Crippen LogP contribution >= 0.6 is 0 Å². The highest BCUT2D eigenvalue weighted by atomic mass is 16.4. The van der Waals surface area contributed by atoms with E-state index in [2.05, 4.69) is 36.1 Å². The van der Waals surface area contributed by atoms with E-state index in [1.54, 1.807) is 0 Å². The number of carbonyl (C=O) groups is 1. The maximum absolute atomic E-state index is 11.1. The molecule has 0 amide bonds. The van der Waals surface area contributed by atoms with E-state index in [0.29, 0.717) is 0 Å². The molecule has 1 aromatic carbocycles. The number of aliphatic carboxylic acids is 1. The molecule has 1 aliphatic heterocycles. The Bertz CT molecular complexity index is 386. The quantitative estimate of drug-likeness (QED) is 0.867. The predicted molar refractivity (Wildman–Crippen MR) is 66.9 cm³/mol. The Labute approximate surface area is 102 Å². The smallest absolute Gasteiger partial charge is 0.320 e. The van der Waals surface area contributed by atoms with Gasteiger partial charge in [-0.2, -0.15) is 0 Å². The van der Waals surface area contributed by atoms with Gasteiger partial charge in [0.1, 0.15) is 6.04 Å². The second-order valence-electron chi connectivity index (χ2n) is 4.64. The molecule has 2 rings (SSSR count). The average Bonchev–Trinajstić information content (AvgIpc) is 2.78. The van der Waals surface area contributed by atoms with Gasteiger partial charge in [0.25, 0.3) is 0 Å². The maximum atomic E-state index is 11.1. The molecule has 1 aliphatic rings. The molecule has 1 fully saturated rings. The molecule has 0 radical (unpaired) electrons. The highest BCUT2D eigenvalue weighted by Crippen LogP contribution is 2.20. The molecule has 1 saturated heterocycles. The van der Waals surface area contributed by atoms with E-state index in [4.69, 9.17) is 5.11 Å². The van der Waals surface area contributed by atoms with Crippen LogP contribution < -0.4 is 0 Å². The third-order valence-corrected chi connectivity index (χ3v) is 3.47. The average molecular weight is 233 g/mol. The summed E-state index contributed by atoms with van der Waals surface area (Å²) in [7, 11) is 0. The van der Waals surface area contributed by atoms with Crippen molar-refractivity contribution in [1.29, 1.82) is 0 Å². The maximum Gasteiger partial charge on any atom is 0.320 e. The first-order valence-electron chi connectivity index (χ1n) is 6.25. The van der Waals surface area contributed by atoms with Crippen molar-refractivity contribution in [3.8, 4) is 0 Å². The van der Waals surface area contributed by atoms with Crippen LogP contribution in [0.1, 0.15) is 30.9 Å². The molecule has 3 nitrogen and oxygen atoms in total.